The summed E-state index contributed by atoms with van der Waals surface area (Å²) in [6.07, 6.45) is 2.13. The molecule has 0 aliphatic carbocycles. The average molecular weight is 464 g/mol. The molecule has 1 saturated heterocycles. The third kappa shape index (κ3) is 5.32. The summed E-state index contributed by atoms with van der Waals surface area (Å²) in [7, 11) is 1.70. The fourth-order valence-corrected chi connectivity index (χ4v) is 4.48. The van der Waals surface area contributed by atoms with Crippen molar-refractivity contribution in [3.63, 3.8) is 0 Å². The number of fused-ring (bicyclic) bond motifs is 1. The van der Waals surface area contributed by atoms with Crippen LogP contribution in [-0.4, -0.2) is 49.4 Å². The number of carbonyl (C=O) groups is 2. The number of aryl methyl sites for hydroxylation is 1. The van der Waals surface area contributed by atoms with E-state index in [4.69, 9.17) is 9.47 Å². The van der Waals surface area contributed by atoms with Crippen LogP contribution < -0.4 is 10.6 Å². The fraction of sp³-hybridized carbons (Fsp3) is 0.407. The largest absolute Gasteiger partial charge is 0.383 e. The normalized spacial score (nSPS) is 15.6. The first kappa shape index (κ1) is 24.0. The summed E-state index contributed by atoms with van der Waals surface area (Å²) in [6, 6.07) is 13.1. The molecule has 1 aliphatic heterocycles. The molecule has 2 aromatic carbocycles. The van der Waals surface area contributed by atoms with E-state index in [-0.39, 0.29) is 17.9 Å². The Balaban J connectivity index is 1.40. The van der Waals surface area contributed by atoms with Gasteiger partial charge in [-0.25, -0.2) is 0 Å². The van der Waals surface area contributed by atoms with Crippen molar-refractivity contribution in [3.8, 4) is 0 Å². The van der Waals surface area contributed by atoms with Crippen molar-refractivity contribution in [3.05, 3.63) is 70.4 Å². The molecule has 2 amide bonds. The first-order chi connectivity index (χ1) is 16.5. The molecule has 1 unspecified atom stereocenters. The molecule has 1 atom stereocenters. The van der Waals surface area contributed by atoms with Gasteiger partial charge in [0.15, 0.2) is 0 Å². The van der Waals surface area contributed by atoms with Crippen molar-refractivity contribution in [2.45, 2.75) is 45.9 Å². The van der Waals surface area contributed by atoms with Crippen LogP contribution in [0.3, 0.4) is 0 Å². The smallest absolute Gasteiger partial charge is 0.251 e. The minimum Gasteiger partial charge on any atom is -0.383 e. The van der Waals surface area contributed by atoms with Crippen LogP contribution >= 0.6 is 0 Å². The standard InChI is InChI=1S/C27H33N3O4/c1-18-19(2)30(11-13-33-3)25-10-9-22(15-24(18)25)27(32)28-16-20-6-4-7-21(14-20)26(31)29-17-23-8-5-12-34-23/h4,6-7,9-10,14-15,23H,5,8,11-13,16-17H2,1-3H3,(H,28,32)(H,29,31). The van der Waals surface area contributed by atoms with Crippen molar-refractivity contribution >= 4 is 22.7 Å². The zero-order valence-electron chi connectivity index (χ0n) is 20.1. The predicted octanol–water partition coefficient (Wildman–Crippen LogP) is 3.74. The molecular weight excluding hydrogens is 430 g/mol. The Morgan fingerprint density at radius 2 is 1.88 bits per heavy atom. The van der Waals surface area contributed by atoms with Crippen molar-refractivity contribution in [1.82, 2.24) is 15.2 Å². The molecule has 7 nitrogen and oxygen atoms in total. The number of rotatable bonds is 9. The van der Waals surface area contributed by atoms with Gasteiger partial charge in [0.1, 0.15) is 0 Å². The molecule has 0 spiro atoms. The Hall–Kier alpha value is -3.16. The number of ether oxygens (including phenoxy) is 2. The van der Waals surface area contributed by atoms with Gasteiger partial charge in [0.2, 0.25) is 0 Å². The van der Waals surface area contributed by atoms with Gasteiger partial charge in [-0.15, -0.1) is 0 Å². The summed E-state index contributed by atoms with van der Waals surface area (Å²) in [5.74, 6) is -0.269. The van der Waals surface area contributed by atoms with E-state index < -0.39 is 0 Å². The maximum atomic E-state index is 12.9. The van der Waals surface area contributed by atoms with E-state index in [2.05, 4.69) is 29.0 Å². The highest BCUT2D eigenvalue weighted by Gasteiger charge is 2.17. The first-order valence-corrected chi connectivity index (χ1v) is 11.8. The van der Waals surface area contributed by atoms with Crippen LogP contribution in [-0.2, 0) is 22.6 Å². The lowest BCUT2D eigenvalue weighted by Crippen LogP contribution is -2.31. The predicted molar refractivity (Wildman–Crippen MR) is 132 cm³/mol. The number of nitrogens with zero attached hydrogens (tertiary/aromatic N) is 1. The van der Waals surface area contributed by atoms with Crippen LogP contribution in [0.15, 0.2) is 42.5 Å². The summed E-state index contributed by atoms with van der Waals surface area (Å²) in [5.41, 5.74) is 5.52. The number of hydrogen-bond donors (Lipinski definition) is 2. The molecule has 0 saturated carbocycles. The molecule has 4 rings (SSSR count). The van der Waals surface area contributed by atoms with E-state index in [0.29, 0.717) is 30.8 Å². The third-order valence-corrected chi connectivity index (χ3v) is 6.58. The maximum absolute atomic E-state index is 12.9. The van der Waals surface area contributed by atoms with Gasteiger partial charge in [0, 0.05) is 61.1 Å². The minimum atomic E-state index is -0.142. The summed E-state index contributed by atoms with van der Waals surface area (Å²) >= 11 is 0. The van der Waals surface area contributed by atoms with Crippen molar-refractivity contribution in [2.75, 3.05) is 26.9 Å². The van der Waals surface area contributed by atoms with Crippen LogP contribution in [0.1, 0.15) is 50.4 Å². The summed E-state index contributed by atoms with van der Waals surface area (Å²) < 4.78 is 13.0. The molecule has 2 N–H and O–H groups in total. The molecule has 7 heteroatoms. The van der Waals surface area contributed by atoms with Crippen LogP contribution in [0.2, 0.25) is 0 Å². The van der Waals surface area contributed by atoms with Gasteiger partial charge >= 0.3 is 0 Å². The lowest BCUT2D eigenvalue weighted by molar-refractivity contribution is 0.0857. The number of carbonyl (C=O) groups excluding carboxylic acids is 2. The zero-order chi connectivity index (χ0) is 24.1. The molecule has 0 radical (unpaired) electrons. The molecule has 180 valence electrons. The van der Waals surface area contributed by atoms with Gasteiger partial charge in [-0.05, 0) is 68.1 Å². The second kappa shape index (κ2) is 10.8. The number of aromatic nitrogens is 1. The number of amides is 2. The highest BCUT2D eigenvalue weighted by Crippen LogP contribution is 2.26. The number of methoxy groups -OCH3 is 1. The fourth-order valence-electron chi connectivity index (χ4n) is 4.48. The first-order valence-electron chi connectivity index (χ1n) is 11.8. The van der Waals surface area contributed by atoms with Crippen LogP contribution in [0, 0.1) is 13.8 Å². The van der Waals surface area contributed by atoms with Gasteiger partial charge in [-0.2, -0.15) is 0 Å². The summed E-state index contributed by atoms with van der Waals surface area (Å²) in [5, 5.41) is 6.99. The zero-order valence-corrected chi connectivity index (χ0v) is 20.1. The highest BCUT2D eigenvalue weighted by atomic mass is 16.5. The van der Waals surface area contributed by atoms with E-state index in [1.807, 2.05) is 36.4 Å². The Morgan fingerprint density at radius 3 is 2.65 bits per heavy atom. The van der Waals surface area contributed by atoms with Crippen LogP contribution in [0.25, 0.3) is 10.9 Å². The second-order valence-electron chi connectivity index (χ2n) is 8.81. The molecule has 2 heterocycles. The molecule has 34 heavy (non-hydrogen) atoms. The molecule has 1 fully saturated rings. The third-order valence-electron chi connectivity index (χ3n) is 6.58. The van der Waals surface area contributed by atoms with Crippen molar-refractivity contribution in [1.29, 1.82) is 0 Å². The second-order valence-corrected chi connectivity index (χ2v) is 8.81. The molecular formula is C27H33N3O4. The van der Waals surface area contributed by atoms with Crippen molar-refractivity contribution < 1.29 is 19.1 Å². The highest BCUT2D eigenvalue weighted by molar-refractivity contribution is 5.99. The number of hydrogen-bond acceptors (Lipinski definition) is 4. The molecule has 0 bridgehead atoms. The average Bonchev–Trinajstić information content (AvgIpc) is 3.46. The summed E-state index contributed by atoms with van der Waals surface area (Å²) in [4.78, 5) is 25.4. The lowest BCUT2D eigenvalue weighted by atomic mass is 10.1. The van der Waals surface area contributed by atoms with Crippen molar-refractivity contribution in [2.24, 2.45) is 0 Å². The molecule has 1 aliphatic rings. The SMILES string of the molecule is COCCn1c(C)c(C)c2cc(C(=O)NCc3cccc(C(=O)NCC4CCCO4)c3)ccc21. The molecule has 3 aromatic rings. The van der Waals surface area contributed by atoms with Gasteiger partial charge in [-0.3, -0.25) is 9.59 Å². The maximum Gasteiger partial charge on any atom is 0.251 e. The van der Waals surface area contributed by atoms with Gasteiger partial charge in [0.25, 0.3) is 11.8 Å². The van der Waals surface area contributed by atoms with Gasteiger partial charge in [0.05, 0.1) is 12.7 Å². The minimum absolute atomic E-state index is 0.105. The van der Waals surface area contributed by atoms with Gasteiger partial charge in [-0.1, -0.05) is 12.1 Å². The Morgan fingerprint density at radius 1 is 1.09 bits per heavy atom. The van der Waals surface area contributed by atoms with E-state index in [0.717, 1.165) is 42.5 Å². The Kier molecular flexibility index (Phi) is 7.65. The topological polar surface area (TPSA) is 81.6 Å². The van der Waals surface area contributed by atoms with E-state index >= 15 is 0 Å². The quantitative estimate of drug-likeness (QED) is 0.507. The Bertz CT molecular complexity index is 1180. The number of nitrogens with one attached hydrogen (secondary N) is 2. The van der Waals surface area contributed by atoms with E-state index in [9.17, 15) is 9.59 Å². The van der Waals surface area contributed by atoms with Crippen LogP contribution in [0.5, 0.6) is 0 Å². The summed E-state index contributed by atoms with van der Waals surface area (Å²) in [6.45, 7) is 7.21. The number of benzene rings is 2. The van der Waals surface area contributed by atoms with Gasteiger partial charge < -0.3 is 24.7 Å². The molecule has 1 aromatic heterocycles. The Labute approximate surface area is 200 Å². The van der Waals surface area contributed by atoms with E-state index in [1.54, 1.807) is 13.2 Å². The van der Waals surface area contributed by atoms with E-state index in [1.165, 1.54) is 11.3 Å². The van der Waals surface area contributed by atoms with Crippen LogP contribution in [0.4, 0.5) is 0 Å². The lowest BCUT2D eigenvalue weighted by Gasteiger charge is -2.12. The monoisotopic (exact) mass is 463 g/mol.